The zero-order chi connectivity index (χ0) is 10.7. The van der Waals surface area contributed by atoms with Gasteiger partial charge in [0.05, 0.1) is 6.04 Å². The van der Waals surface area contributed by atoms with E-state index in [1.807, 2.05) is 13.8 Å². The first-order chi connectivity index (χ1) is 6.57. The Bertz CT molecular complexity index is 295. The SMILES string of the molecule is CC(C)C(NN)c1c(F)cccc1Cl. The lowest BCUT2D eigenvalue weighted by Gasteiger charge is -2.21. The molecule has 1 aromatic carbocycles. The molecule has 78 valence electrons. The summed E-state index contributed by atoms with van der Waals surface area (Å²) in [5.74, 6) is 5.22. The fourth-order valence-electron chi connectivity index (χ4n) is 1.42. The average Bonchev–Trinajstić information content (AvgIpc) is 2.10. The van der Waals surface area contributed by atoms with Crippen LogP contribution in [0.4, 0.5) is 4.39 Å². The maximum Gasteiger partial charge on any atom is 0.129 e. The van der Waals surface area contributed by atoms with Gasteiger partial charge in [0.25, 0.3) is 0 Å². The molecule has 0 aliphatic carbocycles. The molecule has 0 aliphatic heterocycles. The molecule has 1 rings (SSSR count). The molecule has 0 spiro atoms. The van der Waals surface area contributed by atoms with E-state index in [9.17, 15) is 4.39 Å². The third-order valence-electron chi connectivity index (χ3n) is 2.16. The molecule has 0 fully saturated rings. The second-order valence-electron chi connectivity index (χ2n) is 3.52. The van der Waals surface area contributed by atoms with E-state index >= 15 is 0 Å². The summed E-state index contributed by atoms with van der Waals surface area (Å²) in [6.07, 6.45) is 0. The highest BCUT2D eigenvalue weighted by atomic mass is 35.5. The quantitative estimate of drug-likeness (QED) is 0.602. The van der Waals surface area contributed by atoms with Gasteiger partial charge in [-0.15, -0.1) is 0 Å². The van der Waals surface area contributed by atoms with Crippen LogP contribution in [0.5, 0.6) is 0 Å². The van der Waals surface area contributed by atoms with Crippen molar-refractivity contribution in [2.24, 2.45) is 11.8 Å². The van der Waals surface area contributed by atoms with Crippen LogP contribution in [0.3, 0.4) is 0 Å². The Labute approximate surface area is 88.2 Å². The van der Waals surface area contributed by atoms with Crippen LogP contribution in [-0.4, -0.2) is 0 Å². The normalized spacial score (nSPS) is 13.3. The highest BCUT2D eigenvalue weighted by Crippen LogP contribution is 2.29. The molecule has 0 aliphatic rings. The third-order valence-corrected chi connectivity index (χ3v) is 2.49. The van der Waals surface area contributed by atoms with Crippen molar-refractivity contribution in [1.29, 1.82) is 0 Å². The zero-order valence-electron chi connectivity index (χ0n) is 8.22. The highest BCUT2D eigenvalue weighted by molar-refractivity contribution is 6.31. The van der Waals surface area contributed by atoms with Crippen LogP contribution in [0.1, 0.15) is 25.5 Å². The Morgan fingerprint density at radius 2 is 2.07 bits per heavy atom. The Kier molecular flexibility index (Phi) is 3.86. The van der Waals surface area contributed by atoms with Gasteiger partial charge in [-0.3, -0.25) is 11.3 Å². The van der Waals surface area contributed by atoms with Crippen LogP contribution in [0.2, 0.25) is 5.02 Å². The number of halogens is 2. The second-order valence-corrected chi connectivity index (χ2v) is 3.93. The van der Waals surface area contributed by atoms with Crippen molar-refractivity contribution in [3.8, 4) is 0 Å². The summed E-state index contributed by atoms with van der Waals surface area (Å²) in [6.45, 7) is 3.90. The molecular weight excluding hydrogens is 203 g/mol. The van der Waals surface area contributed by atoms with Crippen molar-refractivity contribution in [2.75, 3.05) is 0 Å². The summed E-state index contributed by atoms with van der Waals surface area (Å²) < 4.78 is 13.5. The number of benzene rings is 1. The van der Waals surface area contributed by atoms with Gasteiger partial charge in [0.1, 0.15) is 5.82 Å². The van der Waals surface area contributed by atoms with E-state index < -0.39 is 0 Å². The Morgan fingerprint density at radius 3 is 2.50 bits per heavy atom. The lowest BCUT2D eigenvalue weighted by atomic mass is 9.96. The number of rotatable bonds is 3. The lowest BCUT2D eigenvalue weighted by Crippen LogP contribution is -2.32. The Morgan fingerprint density at radius 1 is 1.43 bits per heavy atom. The standard InChI is InChI=1S/C10H14ClFN2/c1-6(2)10(14-13)9-7(11)4-3-5-8(9)12/h3-6,10,14H,13H2,1-2H3. The summed E-state index contributed by atoms with van der Waals surface area (Å²) in [4.78, 5) is 0. The van der Waals surface area contributed by atoms with E-state index in [0.29, 0.717) is 10.6 Å². The van der Waals surface area contributed by atoms with Gasteiger partial charge in [0.15, 0.2) is 0 Å². The minimum atomic E-state index is -0.325. The summed E-state index contributed by atoms with van der Waals surface area (Å²) in [6, 6.07) is 4.36. The van der Waals surface area contributed by atoms with Crippen molar-refractivity contribution < 1.29 is 4.39 Å². The van der Waals surface area contributed by atoms with Gasteiger partial charge in [-0.1, -0.05) is 31.5 Å². The van der Waals surface area contributed by atoms with Gasteiger partial charge in [-0.2, -0.15) is 0 Å². The first-order valence-electron chi connectivity index (χ1n) is 4.48. The molecule has 0 aromatic heterocycles. The van der Waals surface area contributed by atoms with Crippen LogP contribution in [0.25, 0.3) is 0 Å². The lowest BCUT2D eigenvalue weighted by molar-refractivity contribution is 0.405. The highest BCUT2D eigenvalue weighted by Gasteiger charge is 2.20. The van der Waals surface area contributed by atoms with Crippen LogP contribution >= 0.6 is 11.6 Å². The monoisotopic (exact) mass is 216 g/mol. The van der Waals surface area contributed by atoms with Crippen LogP contribution < -0.4 is 11.3 Å². The predicted molar refractivity (Wildman–Crippen MR) is 56.3 cm³/mol. The van der Waals surface area contributed by atoms with E-state index in [1.54, 1.807) is 12.1 Å². The molecule has 0 saturated heterocycles. The smallest absolute Gasteiger partial charge is 0.129 e. The average molecular weight is 217 g/mol. The van der Waals surface area contributed by atoms with Crippen LogP contribution in [-0.2, 0) is 0 Å². The maximum absolute atomic E-state index is 13.5. The summed E-state index contributed by atoms with van der Waals surface area (Å²) in [7, 11) is 0. The van der Waals surface area contributed by atoms with Crippen molar-refractivity contribution in [1.82, 2.24) is 5.43 Å². The van der Waals surface area contributed by atoms with E-state index in [4.69, 9.17) is 17.4 Å². The summed E-state index contributed by atoms with van der Waals surface area (Å²) in [5, 5.41) is 0.404. The first kappa shape index (κ1) is 11.4. The molecule has 1 atom stereocenters. The van der Waals surface area contributed by atoms with E-state index in [1.165, 1.54) is 6.07 Å². The molecule has 1 unspecified atom stereocenters. The van der Waals surface area contributed by atoms with E-state index in [-0.39, 0.29) is 17.8 Å². The Hall–Kier alpha value is -0.640. The largest absolute Gasteiger partial charge is 0.271 e. The second kappa shape index (κ2) is 4.73. The van der Waals surface area contributed by atoms with Gasteiger partial charge >= 0.3 is 0 Å². The van der Waals surface area contributed by atoms with Gasteiger partial charge in [0.2, 0.25) is 0 Å². The first-order valence-corrected chi connectivity index (χ1v) is 4.85. The van der Waals surface area contributed by atoms with Crippen molar-refractivity contribution in [3.05, 3.63) is 34.6 Å². The molecule has 14 heavy (non-hydrogen) atoms. The fourth-order valence-corrected chi connectivity index (χ4v) is 1.70. The van der Waals surface area contributed by atoms with Gasteiger partial charge in [0, 0.05) is 10.6 Å². The molecule has 3 N–H and O–H groups in total. The number of nitrogens with one attached hydrogen (secondary N) is 1. The minimum Gasteiger partial charge on any atom is -0.271 e. The molecule has 0 heterocycles. The topological polar surface area (TPSA) is 38.0 Å². The fraction of sp³-hybridized carbons (Fsp3) is 0.400. The van der Waals surface area contributed by atoms with Crippen molar-refractivity contribution in [3.63, 3.8) is 0 Å². The molecule has 0 bridgehead atoms. The number of hydrazine groups is 1. The van der Waals surface area contributed by atoms with Gasteiger partial charge in [-0.05, 0) is 18.1 Å². The summed E-state index contributed by atoms with van der Waals surface area (Å²) >= 11 is 5.91. The number of nitrogens with two attached hydrogens (primary N) is 1. The van der Waals surface area contributed by atoms with Crippen LogP contribution in [0.15, 0.2) is 18.2 Å². The maximum atomic E-state index is 13.5. The summed E-state index contributed by atoms with van der Waals surface area (Å²) in [5.41, 5.74) is 3.01. The van der Waals surface area contributed by atoms with Crippen LogP contribution in [0, 0.1) is 11.7 Å². The number of hydrogen-bond acceptors (Lipinski definition) is 2. The molecule has 0 radical (unpaired) electrons. The molecule has 4 heteroatoms. The predicted octanol–water partition coefficient (Wildman–Crippen LogP) is 2.64. The van der Waals surface area contributed by atoms with E-state index in [0.717, 1.165) is 0 Å². The zero-order valence-corrected chi connectivity index (χ0v) is 8.98. The van der Waals surface area contributed by atoms with Gasteiger partial charge in [-0.25, -0.2) is 4.39 Å². The number of hydrogen-bond donors (Lipinski definition) is 2. The molecule has 0 saturated carbocycles. The van der Waals surface area contributed by atoms with Crippen molar-refractivity contribution in [2.45, 2.75) is 19.9 Å². The van der Waals surface area contributed by atoms with Gasteiger partial charge < -0.3 is 0 Å². The molecule has 2 nitrogen and oxygen atoms in total. The van der Waals surface area contributed by atoms with E-state index in [2.05, 4.69) is 5.43 Å². The molecule has 0 amide bonds. The Balaban J connectivity index is 3.15. The molecule has 1 aromatic rings. The van der Waals surface area contributed by atoms with Crippen molar-refractivity contribution >= 4 is 11.6 Å². The third kappa shape index (κ3) is 2.23. The minimum absolute atomic E-state index is 0.175. The molecular formula is C10H14ClFN2.